The highest BCUT2D eigenvalue weighted by Crippen LogP contribution is 2.02. The van der Waals surface area contributed by atoms with Gasteiger partial charge in [0.15, 0.2) is 0 Å². The van der Waals surface area contributed by atoms with Crippen LogP contribution in [0.3, 0.4) is 0 Å². The van der Waals surface area contributed by atoms with E-state index in [1.54, 1.807) is 0 Å². The van der Waals surface area contributed by atoms with Crippen LogP contribution in [0, 0.1) is 17.7 Å². The van der Waals surface area contributed by atoms with Crippen LogP contribution in [0.2, 0.25) is 0 Å². The predicted molar refractivity (Wildman–Crippen MR) is 73.1 cm³/mol. The average molecular weight is 305 g/mol. The lowest BCUT2D eigenvalue weighted by Crippen LogP contribution is -1.81. The van der Waals surface area contributed by atoms with E-state index in [1.165, 1.54) is 5.56 Å². The van der Waals surface area contributed by atoms with Crippen molar-refractivity contribution in [3.05, 3.63) is 29.8 Å². The highest BCUT2D eigenvalue weighted by molar-refractivity contribution is 14.1. The third-order valence-corrected chi connectivity index (χ3v) is 1.16. The van der Waals surface area contributed by atoms with Crippen LogP contribution in [0.15, 0.2) is 24.3 Å². The molecule has 78 valence electrons. The molecule has 0 aliphatic rings. The van der Waals surface area contributed by atoms with Crippen LogP contribution in [0.4, 0.5) is 5.69 Å². The van der Waals surface area contributed by atoms with Crippen LogP contribution in [-0.4, -0.2) is 17.4 Å². The minimum Gasteiger partial charge on any atom is -0.399 e. The van der Waals surface area contributed by atoms with E-state index in [9.17, 15) is 0 Å². The van der Waals surface area contributed by atoms with Gasteiger partial charge in [-0.2, -0.15) is 0 Å². The van der Waals surface area contributed by atoms with Crippen molar-refractivity contribution in [2.45, 2.75) is 6.92 Å². The standard InChI is InChI=1S/C7H9N.C2H4N2.CH3I/c1-6-2-4-7(8)5-3-6;3-1-2-4;1-2/h2-5H,8H2,1H3;1-4H;1H3. The van der Waals surface area contributed by atoms with Crippen molar-refractivity contribution < 1.29 is 0 Å². The molecule has 0 fully saturated rings. The van der Waals surface area contributed by atoms with Crippen LogP contribution in [0.25, 0.3) is 0 Å². The zero-order chi connectivity index (χ0) is 11.4. The first-order valence-corrected chi connectivity index (χ1v) is 6.06. The molecule has 0 saturated heterocycles. The molecule has 0 aliphatic heterocycles. The topological polar surface area (TPSA) is 73.7 Å². The number of nitrogen functional groups attached to an aromatic ring is 1. The average Bonchev–Trinajstić information content (AvgIpc) is 2.26. The Bertz CT molecular complexity index is 217. The van der Waals surface area contributed by atoms with E-state index in [0.717, 1.165) is 18.1 Å². The molecular weight excluding hydrogens is 289 g/mol. The fourth-order valence-corrected chi connectivity index (χ4v) is 0.566. The Hall–Kier alpha value is -0.910. The van der Waals surface area contributed by atoms with Crippen LogP contribution in [0.5, 0.6) is 0 Å². The van der Waals surface area contributed by atoms with E-state index in [4.69, 9.17) is 16.6 Å². The van der Waals surface area contributed by atoms with E-state index in [1.807, 2.05) is 36.1 Å². The van der Waals surface area contributed by atoms with E-state index in [0.29, 0.717) is 0 Å². The van der Waals surface area contributed by atoms with Crippen molar-refractivity contribution >= 4 is 40.7 Å². The Morgan fingerprint density at radius 3 is 1.64 bits per heavy atom. The van der Waals surface area contributed by atoms with E-state index >= 15 is 0 Å². The van der Waals surface area contributed by atoms with Gasteiger partial charge in [0.1, 0.15) is 0 Å². The predicted octanol–water partition coefficient (Wildman–Crippen LogP) is 2.91. The summed E-state index contributed by atoms with van der Waals surface area (Å²) >= 11 is 2.15. The summed E-state index contributed by atoms with van der Waals surface area (Å²) in [6.45, 7) is 2.04. The summed E-state index contributed by atoms with van der Waals surface area (Å²) in [7, 11) is 0. The number of anilines is 1. The molecule has 1 rings (SSSR count). The largest absolute Gasteiger partial charge is 0.399 e. The molecule has 0 aliphatic carbocycles. The number of nitrogens with one attached hydrogen (secondary N) is 2. The third-order valence-electron chi connectivity index (χ3n) is 1.16. The maximum Gasteiger partial charge on any atom is 0.0353 e. The Labute approximate surface area is 98.9 Å². The first-order valence-electron chi connectivity index (χ1n) is 3.90. The van der Waals surface area contributed by atoms with E-state index < -0.39 is 0 Å². The molecule has 0 radical (unpaired) electrons. The molecule has 0 bridgehead atoms. The molecule has 0 saturated carbocycles. The Morgan fingerprint density at radius 2 is 1.43 bits per heavy atom. The fraction of sp³-hybridized carbons (Fsp3) is 0.200. The number of rotatable bonds is 1. The van der Waals surface area contributed by atoms with Gasteiger partial charge in [0.05, 0.1) is 0 Å². The molecular formula is C10H16IN3. The van der Waals surface area contributed by atoms with Gasteiger partial charge >= 0.3 is 0 Å². The molecule has 1 aromatic rings. The smallest absolute Gasteiger partial charge is 0.0353 e. The third kappa shape index (κ3) is 11.1. The maximum atomic E-state index is 6.08. The lowest BCUT2D eigenvalue weighted by atomic mass is 10.2. The van der Waals surface area contributed by atoms with Gasteiger partial charge in [0.25, 0.3) is 0 Å². The number of benzene rings is 1. The maximum absolute atomic E-state index is 6.08. The monoisotopic (exact) mass is 305 g/mol. The second kappa shape index (κ2) is 12.1. The molecule has 0 aromatic heterocycles. The summed E-state index contributed by atoms with van der Waals surface area (Å²) in [6.07, 6.45) is 1.83. The fourth-order valence-electron chi connectivity index (χ4n) is 0.566. The zero-order valence-electron chi connectivity index (χ0n) is 8.42. The molecule has 0 atom stereocenters. The van der Waals surface area contributed by atoms with Gasteiger partial charge in [0.2, 0.25) is 0 Å². The number of halogens is 1. The van der Waals surface area contributed by atoms with Crippen molar-refractivity contribution in [2.24, 2.45) is 0 Å². The Balaban J connectivity index is 0. The van der Waals surface area contributed by atoms with Crippen molar-refractivity contribution in [1.82, 2.24) is 0 Å². The number of alkyl halides is 1. The van der Waals surface area contributed by atoms with Gasteiger partial charge in [-0.25, -0.2) is 0 Å². The lowest BCUT2D eigenvalue weighted by Gasteiger charge is -1.90. The van der Waals surface area contributed by atoms with Crippen LogP contribution in [-0.2, 0) is 0 Å². The van der Waals surface area contributed by atoms with Gasteiger partial charge in [-0.05, 0) is 24.0 Å². The van der Waals surface area contributed by atoms with Gasteiger partial charge < -0.3 is 16.6 Å². The van der Waals surface area contributed by atoms with Gasteiger partial charge in [0, 0.05) is 18.1 Å². The molecule has 0 unspecified atom stereocenters. The second-order valence-electron chi connectivity index (χ2n) is 2.24. The minimum absolute atomic E-state index is 0.829. The van der Waals surface area contributed by atoms with Crippen LogP contribution < -0.4 is 5.73 Å². The van der Waals surface area contributed by atoms with Gasteiger partial charge in [-0.15, -0.1) is 0 Å². The van der Waals surface area contributed by atoms with Crippen molar-refractivity contribution in [3.8, 4) is 0 Å². The van der Waals surface area contributed by atoms with Crippen molar-refractivity contribution in [1.29, 1.82) is 10.8 Å². The summed E-state index contributed by atoms with van der Waals surface area (Å²) in [5.74, 6) is 0. The zero-order valence-corrected chi connectivity index (χ0v) is 10.6. The van der Waals surface area contributed by atoms with Crippen LogP contribution in [0.1, 0.15) is 5.56 Å². The van der Waals surface area contributed by atoms with Crippen molar-refractivity contribution in [2.75, 3.05) is 10.7 Å². The molecule has 0 heterocycles. The summed E-state index contributed by atoms with van der Waals surface area (Å²) in [4.78, 5) is 1.97. The Kier molecular flexibility index (Phi) is 13.4. The van der Waals surface area contributed by atoms with E-state index in [2.05, 4.69) is 22.6 Å². The van der Waals surface area contributed by atoms with Gasteiger partial charge in [-0.3, -0.25) is 0 Å². The summed E-state index contributed by atoms with van der Waals surface area (Å²) < 4.78 is 0. The minimum atomic E-state index is 0.829. The highest BCUT2D eigenvalue weighted by atomic mass is 127. The lowest BCUT2D eigenvalue weighted by molar-refractivity contribution is 1.47. The van der Waals surface area contributed by atoms with E-state index in [-0.39, 0.29) is 0 Å². The summed E-state index contributed by atoms with van der Waals surface area (Å²) in [5.41, 5.74) is 7.51. The summed E-state index contributed by atoms with van der Waals surface area (Å²) in [5, 5.41) is 12.2. The van der Waals surface area contributed by atoms with Gasteiger partial charge in [-0.1, -0.05) is 40.3 Å². The normalized spacial score (nSPS) is 7.07. The highest BCUT2D eigenvalue weighted by Gasteiger charge is 1.80. The molecule has 3 nitrogen and oxygen atoms in total. The summed E-state index contributed by atoms with van der Waals surface area (Å²) in [6, 6.07) is 7.79. The molecule has 1 aromatic carbocycles. The van der Waals surface area contributed by atoms with Crippen molar-refractivity contribution in [3.63, 3.8) is 0 Å². The number of nitrogens with two attached hydrogens (primary N) is 1. The SMILES string of the molecule is CI.Cc1ccc(N)cc1.N=CC=N. The number of aryl methyl sites for hydroxylation is 1. The molecule has 14 heavy (non-hydrogen) atoms. The first kappa shape index (κ1) is 15.6. The first-order chi connectivity index (χ1) is 6.70. The quantitative estimate of drug-likeness (QED) is 0.317. The number of hydrogen-bond acceptors (Lipinski definition) is 3. The molecule has 0 amide bonds. The molecule has 0 spiro atoms. The van der Waals surface area contributed by atoms with Crippen LogP contribution >= 0.6 is 22.6 Å². The Morgan fingerprint density at radius 1 is 1.07 bits per heavy atom. The molecule has 4 N–H and O–H groups in total. The molecule has 4 heteroatoms. The second-order valence-corrected chi connectivity index (χ2v) is 2.24. The number of hydrogen-bond donors (Lipinski definition) is 3.